The highest BCUT2D eigenvalue weighted by Crippen LogP contribution is 2.40. The van der Waals surface area contributed by atoms with Crippen molar-refractivity contribution in [3.05, 3.63) is 0 Å². The Balaban J connectivity index is 5.10. The van der Waals surface area contributed by atoms with Gasteiger partial charge in [-0.3, -0.25) is 0 Å². The van der Waals surface area contributed by atoms with Gasteiger partial charge in [-0.25, -0.2) is 9.78 Å². The van der Waals surface area contributed by atoms with E-state index in [1.54, 1.807) is 0 Å². The van der Waals surface area contributed by atoms with E-state index in [4.69, 9.17) is 9.78 Å². The van der Waals surface area contributed by atoms with Gasteiger partial charge in [0, 0.05) is 0 Å². The minimum absolute atomic E-state index is 0.0402. The molecular weight excluding hydrogens is 248 g/mol. The van der Waals surface area contributed by atoms with Crippen molar-refractivity contribution in [1.82, 2.24) is 0 Å². The molecule has 0 atom stereocenters. The molecule has 2 heteroatoms. The lowest BCUT2D eigenvalue weighted by atomic mass is 9.74. The predicted octanol–water partition coefficient (Wildman–Crippen LogP) is 5.86. The first kappa shape index (κ1) is 19.9. The van der Waals surface area contributed by atoms with E-state index in [1.807, 2.05) is 0 Å². The quantitative estimate of drug-likeness (QED) is 0.478. The lowest BCUT2D eigenvalue weighted by Gasteiger charge is -2.44. The van der Waals surface area contributed by atoms with Gasteiger partial charge >= 0.3 is 0 Å². The first-order chi connectivity index (χ1) is 8.47. The van der Waals surface area contributed by atoms with Crippen molar-refractivity contribution in [3.8, 4) is 0 Å². The molecule has 0 spiro atoms. The summed E-state index contributed by atoms with van der Waals surface area (Å²) < 4.78 is 0. The van der Waals surface area contributed by atoms with E-state index < -0.39 is 0 Å². The Bertz CT molecular complexity index is 231. The van der Waals surface area contributed by atoms with Crippen LogP contribution in [0.1, 0.15) is 83.1 Å². The second-order valence-corrected chi connectivity index (χ2v) is 10.4. The predicted molar refractivity (Wildman–Crippen MR) is 87.6 cm³/mol. The molecule has 0 fully saturated rings. The van der Waals surface area contributed by atoms with Crippen LogP contribution in [0.15, 0.2) is 0 Å². The van der Waals surface area contributed by atoms with E-state index in [9.17, 15) is 0 Å². The molecule has 0 saturated carbocycles. The van der Waals surface area contributed by atoms with Crippen LogP contribution >= 0.6 is 0 Å². The number of hydrogen-bond acceptors (Lipinski definition) is 2. The summed E-state index contributed by atoms with van der Waals surface area (Å²) in [5.41, 5.74) is 0.161. The van der Waals surface area contributed by atoms with Gasteiger partial charge in [-0.2, -0.15) is 0 Å². The van der Waals surface area contributed by atoms with Crippen molar-refractivity contribution in [3.63, 3.8) is 0 Å². The van der Waals surface area contributed by atoms with Gasteiger partial charge in [-0.15, -0.1) is 0 Å². The molecule has 0 N–H and O–H groups in total. The van der Waals surface area contributed by atoms with Gasteiger partial charge in [0.25, 0.3) is 0 Å². The van der Waals surface area contributed by atoms with Crippen molar-refractivity contribution in [1.29, 1.82) is 0 Å². The molecule has 0 aromatic rings. The molecule has 0 amide bonds. The maximum atomic E-state index is 5.99. The Morgan fingerprint density at radius 3 is 0.650 bits per heavy atom. The number of rotatable bonds is 3. The topological polar surface area (TPSA) is 18.5 Å². The molecule has 122 valence electrons. The molecule has 0 saturated heterocycles. The lowest BCUT2D eigenvalue weighted by molar-refractivity contribution is -0.406. The average Bonchev–Trinajstić information content (AvgIpc) is 2.02. The maximum absolute atomic E-state index is 5.99. The molecule has 0 bridgehead atoms. The van der Waals surface area contributed by atoms with Gasteiger partial charge < -0.3 is 0 Å². The molecular formula is C18H38O2. The second-order valence-electron chi connectivity index (χ2n) is 10.4. The summed E-state index contributed by atoms with van der Waals surface area (Å²) in [6.07, 6.45) is 0.0874. The highest BCUT2D eigenvalue weighted by atomic mass is 17.2. The molecule has 0 aliphatic rings. The highest BCUT2D eigenvalue weighted by molar-refractivity contribution is 4.86. The number of hydrogen-bond donors (Lipinski definition) is 0. The molecule has 0 aliphatic heterocycles. The third-order valence-corrected chi connectivity index (χ3v) is 3.39. The highest BCUT2D eigenvalue weighted by Gasteiger charge is 2.41. The zero-order valence-corrected chi connectivity index (χ0v) is 16.0. The summed E-state index contributed by atoms with van der Waals surface area (Å²) in [5.74, 6) is 0. The Morgan fingerprint density at radius 2 is 0.550 bits per heavy atom. The SMILES string of the molecule is CC(C)(C)C(OOC(C(C)(C)C)C(C)(C)C)C(C)(C)C. The van der Waals surface area contributed by atoms with E-state index in [-0.39, 0.29) is 33.9 Å². The Labute approximate surface area is 127 Å². The zero-order valence-electron chi connectivity index (χ0n) is 16.0. The zero-order chi connectivity index (χ0) is 16.6. The second kappa shape index (κ2) is 5.96. The van der Waals surface area contributed by atoms with E-state index >= 15 is 0 Å². The van der Waals surface area contributed by atoms with Gasteiger partial charge in [0.15, 0.2) is 0 Å². The fourth-order valence-corrected chi connectivity index (χ4v) is 3.29. The minimum atomic E-state index is 0.0402. The third kappa shape index (κ3) is 6.13. The molecule has 0 radical (unpaired) electrons. The van der Waals surface area contributed by atoms with Crippen LogP contribution in [-0.2, 0) is 9.78 Å². The van der Waals surface area contributed by atoms with E-state index in [1.165, 1.54) is 0 Å². The molecule has 20 heavy (non-hydrogen) atoms. The molecule has 0 unspecified atom stereocenters. The molecule has 0 rings (SSSR count). The summed E-state index contributed by atoms with van der Waals surface area (Å²) >= 11 is 0. The average molecular weight is 286 g/mol. The smallest absolute Gasteiger partial charge is 0.103 e. The molecule has 0 aromatic carbocycles. The van der Waals surface area contributed by atoms with Crippen LogP contribution in [0.5, 0.6) is 0 Å². The summed E-state index contributed by atoms with van der Waals surface area (Å²) in [5, 5.41) is 0. The first-order valence-electron chi connectivity index (χ1n) is 7.79. The van der Waals surface area contributed by atoms with Crippen molar-refractivity contribution in [2.45, 2.75) is 95.3 Å². The lowest BCUT2D eigenvalue weighted by Crippen LogP contribution is -2.46. The Morgan fingerprint density at radius 1 is 0.400 bits per heavy atom. The molecule has 0 aromatic heterocycles. The van der Waals surface area contributed by atoms with Crippen LogP contribution in [0.3, 0.4) is 0 Å². The van der Waals surface area contributed by atoms with E-state index in [0.29, 0.717) is 0 Å². The van der Waals surface area contributed by atoms with Crippen molar-refractivity contribution in [2.24, 2.45) is 21.7 Å². The summed E-state index contributed by atoms with van der Waals surface area (Å²) in [4.78, 5) is 12.0. The van der Waals surface area contributed by atoms with Crippen LogP contribution < -0.4 is 0 Å². The van der Waals surface area contributed by atoms with Crippen LogP contribution in [0.25, 0.3) is 0 Å². The van der Waals surface area contributed by atoms with Crippen molar-refractivity contribution in [2.75, 3.05) is 0 Å². The molecule has 0 heterocycles. The fraction of sp³-hybridized carbons (Fsp3) is 1.00. The molecule has 0 aliphatic carbocycles. The van der Waals surface area contributed by atoms with Crippen LogP contribution in [0.4, 0.5) is 0 Å². The van der Waals surface area contributed by atoms with Gasteiger partial charge in [-0.1, -0.05) is 83.1 Å². The minimum Gasteiger partial charge on any atom is -0.232 e. The largest absolute Gasteiger partial charge is 0.232 e. The third-order valence-electron chi connectivity index (χ3n) is 3.39. The van der Waals surface area contributed by atoms with Gasteiger partial charge in [0.1, 0.15) is 12.2 Å². The van der Waals surface area contributed by atoms with Crippen LogP contribution in [0, 0.1) is 21.7 Å². The van der Waals surface area contributed by atoms with Crippen LogP contribution in [-0.4, -0.2) is 12.2 Å². The van der Waals surface area contributed by atoms with Gasteiger partial charge in [-0.05, 0) is 21.7 Å². The summed E-state index contributed by atoms with van der Waals surface area (Å²) in [6.45, 7) is 26.4. The standard InChI is InChI=1S/C18H38O2/c1-15(2,3)13(16(4,5)6)19-20-14(17(7,8)9)18(10,11)12/h13-14H,1-12H3. The monoisotopic (exact) mass is 286 g/mol. The molecule has 2 nitrogen and oxygen atoms in total. The normalized spacial score (nSPS) is 15.3. The Hall–Kier alpha value is -0.0800. The van der Waals surface area contributed by atoms with Crippen molar-refractivity contribution >= 4 is 0 Å². The van der Waals surface area contributed by atoms with Gasteiger partial charge in [0.2, 0.25) is 0 Å². The fourth-order valence-electron chi connectivity index (χ4n) is 3.29. The first-order valence-corrected chi connectivity index (χ1v) is 7.79. The summed E-state index contributed by atoms with van der Waals surface area (Å²) in [6, 6.07) is 0. The van der Waals surface area contributed by atoms with Crippen molar-refractivity contribution < 1.29 is 9.78 Å². The van der Waals surface area contributed by atoms with Crippen LogP contribution in [0.2, 0.25) is 0 Å². The Kier molecular flexibility index (Phi) is 5.94. The van der Waals surface area contributed by atoms with Gasteiger partial charge in [0.05, 0.1) is 0 Å². The van der Waals surface area contributed by atoms with E-state index in [2.05, 4.69) is 83.1 Å². The van der Waals surface area contributed by atoms with E-state index in [0.717, 1.165) is 0 Å². The summed E-state index contributed by atoms with van der Waals surface area (Å²) in [7, 11) is 0. The maximum Gasteiger partial charge on any atom is 0.103 e.